The van der Waals surface area contributed by atoms with E-state index in [4.69, 9.17) is 4.43 Å². The standard InChI is InChI=1S/C12H27NOSi/c1-5-15(6-2,7-3)14-12(4)8-10-13-11-9-12/h13H,5-11H2,1-4H3. The predicted octanol–water partition coefficient (Wildman–Crippen LogP) is 3.15. The third-order valence-corrected chi connectivity index (χ3v) is 8.85. The second-order valence-electron chi connectivity index (χ2n) is 5.05. The van der Waals surface area contributed by atoms with Crippen LogP contribution >= 0.6 is 0 Å². The average molecular weight is 229 g/mol. The minimum atomic E-state index is -1.40. The molecule has 0 atom stereocenters. The van der Waals surface area contributed by atoms with E-state index < -0.39 is 8.32 Å². The molecule has 1 rings (SSSR count). The highest BCUT2D eigenvalue weighted by Gasteiger charge is 2.38. The molecule has 0 spiro atoms. The van der Waals surface area contributed by atoms with E-state index in [0.717, 1.165) is 13.1 Å². The van der Waals surface area contributed by atoms with Gasteiger partial charge in [0.25, 0.3) is 0 Å². The molecule has 0 bridgehead atoms. The molecule has 0 aromatic carbocycles. The summed E-state index contributed by atoms with van der Waals surface area (Å²) in [6.45, 7) is 11.5. The summed E-state index contributed by atoms with van der Waals surface area (Å²) in [6.07, 6.45) is 2.36. The summed E-state index contributed by atoms with van der Waals surface area (Å²) in [7, 11) is -1.40. The Bertz CT molecular complexity index is 178. The molecular weight excluding hydrogens is 202 g/mol. The smallest absolute Gasteiger partial charge is 0.192 e. The summed E-state index contributed by atoms with van der Waals surface area (Å²) < 4.78 is 6.61. The van der Waals surface area contributed by atoms with Crippen LogP contribution < -0.4 is 5.32 Å². The second-order valence-corrected chi connectivity index (χ2v) is 9.74. The Morgan fingerprint density at radius 3 is 1.93 bits per heavy atom. The summed E-state index contributed by atoms with van der Waals surface area (Å²) in [4.78, 5) is 0. The number of nitrogens with one attached hydrogen (secondary N) is 1. The Morgan fingerprint density at radius 1 is 1.07 bits per heavy atom. The minimum Gasteiger partial charge on any atom is -0.412 e. The molecule has 0 unspecified atom stereocenters. The maximum absolute atomic E-state index is 6.61. The van der Waals surface area contributed by atoms with Crippen LogP contribution in [0.25, 0.3) is 0 Å². The van der Waals surface area contributed by atoms with Gasteiger partial charge in [-0.05, 0) is 51.0 Å². The van der Waals surface area contributed by atoms with Crippen LogP contribution in [-0.4, -0.2) is 27.0 Å². The lowest BCUT2D eigenvalue weighted by Gasteiger charge is -2.42. The molecule has 1 aliphatic heterocycles. The summed E-state index contributed by atoms with van der Waals surface area (Å²) >= 11 is 0. The van der Waals surface area contributed by atoms with E-state index in [-0.39, 0.29) is 5.60 Å². The van der Waals surface area contributed by atoms with Crippen LogP contribution in [0.4, 0.5) is 0 Å². The molecule has 0 radical (unpaired) electrons. The fourth-order valence-electron chi connectivity index (χ4n) is 2.55. The van der Waals surface area contributed by atoms with Gasteiger partial charge in [0.2, 0.25) is 0 Å². The molecule has 0 amide bonds. The molecule has 1 fully saturated rings. The summed E-state index contributed by atoms with van der Waals surface area (Å²) in [5.74, 6) is 0. The molecule has 1 saturated heterocycles. The van der Waals surface area contributed by atoms with Crippen LogP contribution in [0, 0.1) is 0 Å². The van der Waals surface area contributed by atoms with Gasteiger partial charge in [-0.25, -0.2) is 0 Å². The van der Waals surface area contributed by atoms with Crippen LogP contribution in [0.1, 0.15) is 40.5 Å². The first-order chi connectivity index (χ1) is 7.10. The molecule has 1 aliphatic rings. The molecule has 90 valence electrons. The van der Waals surface area contributed by atoms with Crippen molar-refractivity contribution in [2.45, 2.75) is 64.3 Å². The zero-order valence-electron chi connectivity index (χ0n) is 10.9. The van der Waals surface area contributed by atoms with Crippen LogP contribution in [-0.2, 0) is 4.43 Å². The molecule has 1 heterocycles. The van der Waals surface area contributed by atoms with Crippen molar-refractivity contribution >= 4 is 8.32 Å². The van der Waals surface area contributed by atoms with Gasteiger partial charge in [0, 0.05) is 0 Å². The maximum Gasteiger partial charge on any atom is 0.192 e. The van der Waals surface area contributed by atoms with Gasteiger partial charge in [0.05, 0.1) is 5.60 Å². The van der Waals surface area contributed by atoms with E-state index >= 15 is 0 Å². The molecule has 0 aromatic rings. The minimum absolute atomic E-state index is 0.166. The predicted molar refractivity (Wildman–Crippen MR) is 68.8 cm³/mol. The van der Waals surface area contributed by atoms with Crippen LogP contribution in [0.5, 0.6) is 0 Å². The van der Waals surface area contributed by atoms with Crippen molar-refractivity contribution in [1.29, 1.82) is 0 Å². The summed E-state index contributed by atoms with van der Waals surface area (Å²) in [5.41, 5.74) is 0.166. The number of hydrogen-bond acceptors (Lipinski definition) is 2. The molecule has 15 heavy (non-hydrogen) atoms. The molecule has 3 heteroatoms. The van der Waals surface area contributed by atoms with Crippen molar-refractivity contribution in [2.75, 3.05) is 13.1 Å². The van der Waals surface area contributed by atoms with E-state index in [1.807, 2.05) is 0 Å². The highest BCUT2D eigenvalue weighted by atomic mass is 28.4. The average Bonchev–Trinajstić information content (AvgIpc) is 2.27. The fraction of sp³-hybridized carbons (Fsp3) is 1.00. The van der Waals surface area contributed by atoms with E-state index in [1.54, 1.807) is 0 Å². The highest BCUT2D eigenvalue weighted by molar-refractivity contribution is 6.73. The number of hydrogen-bond donors (Lipinski definition) is 1. The van der Waals surface area contributed by atoms with Crippen molar-refractivity contribution in [3.05, 3.63) is 0 Å². The summed E-state index contributed by atoms with van der Waals surface area (Å²) in [6, 6.07) is 3.80. The van der Waals surface area contributed by atoms with Crippen LogP contribution in [0.3, 0.4) is 0 Å². The zero-order chi connectivity index (χ0) is 11.4. The first kappa shape index (κ1) is 13.2. The van der Waals surface area contributed by atoms with Crippen molar-refractivity contribution in [2.24, 2.45) is 0 Å². The van der Waals surface area contributed by atoms with Crippen molar-refractivity contribution in [1.82, 2.24) is 5.32 Å². The van der Waals surface area contributed by atoms with Gasteiger partial charge in [-0.1, -0.05) is 20.8 Å². The Balaban J connectivity index is 2.63. The topological polar surface area (TPSA) is 21.3 Å². The second kappa shape index (κ2) is 5.46. The molecule has 0 aliphatic carbocycles. The monoisotopic (exact) mass is 229 g/mol. The third-order valence-electron chi connectivity index (χ3n) is 4.06. The first-order valence-corrected chi connectivity index (χ1v) is 9.03. The Morgan fingerprint density at radius 2 is 1.53 bits per heavy atom. The van der Waals surface area contributed by atoms with Gasteiger partial charge in [-0.15, -0.1) is 0 Å². The van der Waals surface area contributed by atoms with Gasteiger partial charge >= 0.3 is 0 Å². The van der Waals surface area contributed by atoms with Gasteiger partial charge in [0.15, 0.2) is 8.32 Å². The van der Waals surface area contributed by atoms with Crippen LogP contribution in [0.15, 0.2) is 0 Å². The lowest BCUT2D eigenvalue weighted by atomic mass is 9.95. The van der Waals surface area contributed by atoms with Gasteiger partial charge in [-0.3, -0.25) is 0 Å². The first-order valence-electron chi connectivity index (χ1n) is 6.50. The maximum atomic E-state index is 6.61. The van der Waals surface area contributed by atoms with E-state index in [0.29, 0.717) is 0 Å². The summed E-state index contributed by atoms with van der Waals surface area (Å²) in [5, 5.41) is 3.42. The lowest BCUT2D eigenvalue weighted by molar-refractivity contribution is 0.0436. The molecule has 2 nitrogen and oxygen atoms in total. The lowest BCUT2D eigenvalue weighted by Crippen LogP contribution is -2.50. The molecular formula is C12H27NOSi. The van der Waals surface area contributed by atoms with Crippen LogP contribution in [0.2, 0.25) is 18.1 Å². The van der Waals surface area contributed by atoms with Gasteiger partial charge in [0.1, 0.15) is 0 Å². The SMILES string of the molecule is CC[Si](CC)(CC)OC1(C)CCNCC1. The van der Waals surface area contributed by atoms with E-state index in [1.165, 1.54) is 31.0 Å². The molecule has 1 N–H and O–H groups in total. The largest absolute Gasteiger partial charge is 0.412 e. The number of rotatable bonds is 5. The highest BCUT2D eigenvalue weighted by Crippen LogP contribution is 2.32. The third kappa shape index (κ3) is 3.30. The van der Waals surface area contributed by atoms with Crippen molar-refractivity contribution < 1.29 is 4.43 Å². The Kier molecular flexibility index (Phi) is 4.81. The Labute approximate surface area is 95.9 Å². The van der Waals surface area contributed by atoms with Crippen molar-refractivity contribution in [3.63, 3.8) is 0 Å². The fourth-order valence-corrected chi connectivity index (χ4v) is 5.73. The normalized spacial score (nSPS) is 21.6. The zero-order valence-corrected chi connectivity index (χ0v) is 11.9. The van der Waals surface area contributed by atoms with Crippen molar-refractivity contribution in [3.8, 4) is 0 Å². The van der Waals surface area contributed by atoms with E-state index in [9.17, 15) is 0 Å². The quantitative estimate of drug-likeness (QED) is 0.731. The number of piperidine rings is 1. The van der Waals surface area contributed by atoms with Gasteiger partial charge < -0.3 is 9.74 Å². The van der Waals surface area contributed by atoms with Gasteiger partial charge in [-0.2, -0.15) is 0 Å². The van der Waals surface area contributed by atoms with E-state index in [2.05, 4.69) is 33.0 Å². The molecule has 0 saturated carbocycles. The Hall–Kier alpha value is 0.137. The molecule has 0 aromatic heterocycles.